The number of nitrogens with zero attached hydrogens (tertiary/aromatic N) is 1. The molecular formula is C16H23NO2. The van der Waals surface area contributed by atoms with Crippen LogP contribution < -0.4 is 0 Å². The molecule has 19 heavy (non-hydrogen) atoms. The highest BCUT2D eigenvalue weighted by Crippen LogP contribution is 2.23. The van der Waals surface area contributed by atoms with Crippen LogP contribution in [0.4, 0.5) is 0 Å². The van der Waals surface area contributed by atoms with Crippen molar-refractivity contribution >= 4 is 5.91 Å². The van der Waals surface area contributed by atoms with Crippen LogP contribution in [0.1, 0.15) is 48.5 Å². The van der Waals surface area contributed by atoms with Gasteiger partial charge in [0.05, 0.1) is 6.10 Å². The Morgan fingerprint density at radius 1 is 1.32 bits per heavy atom. The number of hydrogen-bond acceptors (Lipinski definition) is 2. The van der Waals surface area contributed by atoms with Crippen molar-refractivity contribution in [1.29, 1.82) is 0 Å². The second kappa shape index (κ2) is 6.20. The Morgan fingerprint density at radius 3 is 2.68 bits per heavy atom. The Bertz CT molecular complexity index is 450. The number of carbonyl (C=O) groups excluding carboxylic acids is 1. The molecule has 0 saturated carbocycles. The predicted molar refractivity (Wildman–Crippen MR) is 75.9 cm³/mol. The smallest absolute Gasteiger partial charge is 0.222 e. The molecule has 3 nitrogen and oxygen atoms in total. The summed E-state index contributed by atoms with van der Waals surface area (Å²) >= 11 is 0. The van der Waals surface area contributed by atoms with Gasteiger partial charge in [-0.15, -0.1) is 0 Å². The van der Waals surface area contributed by atoms with E-state index in [1.807, 2.05) is 36.9 Å². The van der Waals surface area contributed by atoms with Gasteiger partial charge in [-0.2, -0.15) is 0 Å². The van der Waals surface area contributed by atoms with Gasteiger partial charge in [-0.25, -0.2) is 0 Å². The van der Waals surface area contributed by atoms with Crippen molar-refractivity contribution in [2.75, 3.05) is 13.1 Å². The van der Waals surface area contributed by atoms with E-state index in [4.69, 9.17) is 0 Å². The SMILES string of the molecule is Cc1ccc(C)c(C(O)CCC(=O)N2CCCC2)c1. The molecule has 1 heterocycles. The lowest BCUT2D eigenvalue weighted by molar-refractivity contribution is -0.130. The van der Waals surface area contributed by atoms with Crippen LogP contribution in [-0.2, 0) is 4.79 Å². The van der Waals surface area contributed by atoms with Gasteiger partial charge in [-0.05, 0) is 44.2 Å². The Kier molecular flexibility index (Phi) is 4.59. The van der Waals surface area contributed by atoms with E-state index in [0.717, 1.165) is 42.6 Å². The molecule has 3 heteroatoms. The zero-order chi connectivity index (χ0) is 13.8. The molecule has 0 spiro atoms. The standard InChI is InChI=1S/C16H23NO2/c1-12-5-6-13(2)14(11-12)15(18)7-8-16(19)17-9-3-4-10-17/h5-6,11,15,18H,3-4,7-10H2,1-2H3. The minimum atomic E-state index is -0.536. The molecule has 1 unspecified atom stereocenters. The average Bonchev–Trinajstić information content (AvgIpc) is 2.92. The van der Waals surface area contributed by atoms with Crippen LogP contribution in [0.5, 0.6) is 0 Å². The molecule has 1 aromatic carbocycles. The van der Waals surface area contributed by atoms with Crippen molar-refractivity contribution in [2.45, 2.75) is 45.6 Å². The van der Waals surface area contributed by atoms with Gasteiger partial charge in [0, 0.05) is 19.5 Å². The van der Waals surface area contributed by atoms with E-state index in [0.29, 0.717) is 12.8 Å². The van der Waals surface area contributed by atoms with Gasteiger partial charge >= 0.3 is 0 Å². The summed E-state index contributed by atoms with van der Waals surface area (Å²) < 4.78 is 0. The van der Waals surface area contributed by atoms with Crippen LogP contribution in [0.25, 0.3) is 0 Å². The summed E-state index contributed by atoms with van der Waals surface area (Å²) in [4.78, 5) is 13.9. The highest BCUT2D eigenvalue weighted by molar-refractivity contribution is 5.76. The van der Waals surface area contributed by atoms with Crippen molar-refractivity contribution in [3.8, 4) is 0 Å². The van der Waals surface area contributed by atoms with E-state index in [1.165, 1.54) is 0 Å². The molecule has 1 aliphatic heterocycles. The Morgan fingerprint density at radius 2 is 2.00 bits per heavy atom. The summed E-state index contributed by atoms with van der Waals surface area (Å²) in [6.45, 7) is 5.79. The van der Waals surface area contributed by atoms with Crippen LogP contribution in [0.2, 0.25) is 0 Å². The lowest BCUT2D eigenvalue weighted by Gasteiger charge is -2.18. The molecule has 1 amide bonds. The summed E-state index contributed by atoms with van der Waals surface area (Å²) in [7, 11) is 0. The maximum Gasteiger partial charge on any atom is 0.222 e. The monoisotopic (exact) mass is 261 g/mol. The molecule has 0 radical (unpaired) electrons. The molecule has 1 fully saturated rings. The maximum absolute atomic E-state index is 11.9. The van der Waals surface area contributed by atoms with Gasteiger partial charge in [0.2, 0.25) is 5.91 Å². The van der Waals surface area contributed by atoms with Crippen molar-refractivity contribution in [2.24, 2.45) is 0 Å². The number of benzene rings is 1. The summed E-state index contributed by atoms with van der Waals surface area (Å²) in [5, 5.41) is 10.2. The number of hydrogen-bond donors (Lipinski definition) is 1. The van der Waals surface area contributed by atoms with Crippen LogP contribution >= 0.6 is 0 Å². The number of amides is 1. The zero-order valence-electron chi connectivity index (χ0n) is 11.9. The molecule has 1 saturated heterocycles. The molecule has 2 rings (SSSR count). The number of aryl methyl sites for hydroxylation is 2. The summed E-state index contributed by atoms with van der Waals surface area (Å²) in [5.41, 5.74) is 3.19. The first-order valence-electron chi connectivity index (χ1n) is 7.11. The molecule has 1 aliphatic rings. The van der Waals surface area contributed by atoms with Gasteiger partial charge in [-0.3, -0.25) is 4.79 Å². The molecule has 0 bridgehead atoms. The second-order valence-corrected chi connectivity index (χ2v) is 5.50. The molecule has 104 valence electrons. The van der Waals surface area contributed by atoms with Crippen LogP contribution in [0.3, 0.4) is 0 Å². The van der Waals surface area contributed by atoms with Gasteiger partial charge in [0.25, 0.3) is 0 Å². The normalized spacial score (nSPS) is 16.7. The molecule has 1 aromatic rings. The van der Waals surface area contributed by atoms with E-state index >= 15 is 0 Å². The number of aliphatic hydroxyl groups is 1. The quantitative estimate of drug-likeness (QED) is 0.905. The highest BCUT2D eigenvalue weighted by Gasteiger charge is 2.19. The zero-order valence-corrected chi connectivity index (χ0v) is 11.9. The summed E-state index contributed by atoms with van der Waals surface area (Å²) in [6, 6.07) is 6.08. The third-order valence-electron chi connectivity index (χ3n) is 3.88. The third-order valence-corrected chi connectivity index (χ3v) is 3.88. The Hall–Kier alpha value is -1.35. The molecular weight excluding hydrogens is 238 g/mol. The maximum atomic E-state index is 11.9. The van der Waals surface area contributed by atoms with E-state index < -0.39 is 6.10 Å². The fourth-order valence-electron chi connectivity index (χ4n) is 2.66. The highest BCUT2D eigenvalue weighted by atomic mass is 16.3. The number of rotatable bonds is 4. The minimum Gasteiger partial charge on any atom is -0.388 e. The Labute approximate surface area is 115 Å². The predicted octanol–water partition coefficient (Wildman–Crippen LogP) is 2.74. The van der Waals surface area contributed by atoms with Gasteiger partial charge in [0.1, 0.15) is 0 Å². The molecule has 1 N–H and O–H groups in total. The average molecular weight is 261 g/mol. The second-order valence-electron chi connectivity index (χ2n) is 5.50. The van der Waals surface area contributed by atoms with Gasteiger partial charge in [-0.1, -0.05) is 23.8 Å². The summed E-state index contributed by atoms with van der Waals surface area (Å²) in [6.07, 6.45) is 2.65. The molecule has 1 atom stereocenters. The third kappa shape index (κ3) is 3.57. The van der Waals surface area contributed by atoms with Crippen molar-refractivity contribution in [3.05, 3.63) is 34.9 Å². The number of carbonyl (C=O) groups is 1. The first-order valence-corrected chi connectivity index (χ1v) is 7.11. The van der Waals surface area contributed by atoms with Crippen LogP contribution in [-0.4, -0.2) is 29.0 Å². The lowest BCUT2D eigenvalue weighted by atomic mass is 9.98. The van der Waals surface area contributed by atoms with E-state index in [2.05, 4.69) is 0 Å². The van der Waals surface area contributed by atoms with Crippen molar-refractivity contribution in [1.82, 2.24) is 4.90 Å². The lowest BCUT2D eigenvalue weighted by Crippen LogP contribution is -2.27. The van der Waals surface area contributed by atoms with Crippen LogP contribution in [0, 0.1) is 13.8 Å². The van der Waals surface area contributed by atoms with Crippen molar-refractivity contribution in [3.63, 3.8) is 0 Å². The molecule has 0 aromatic heterocycles. The topological polar surface area (TPSA) is 40.5 Å². The first-order chi connectivity index (χ1) is 9.08. The number of likely N-dealkylation sites (tertiary alicyclic amines) is 1. The minimum absolute atomic E-state index is 0.182. The molecule has 0 aliphatic carbocycles. The number of aliphatic hydroxyl groups excluding tert-OH is 1. The first kappa shape index (κ1) is 14.1. The van der Waals surface area contributed by atoms with Crippen LogP contribution in [0.15, 0.2) is 18.2 Å². The van der Waals surface area contributed by atoms with Gasteiger partial charge in [0.15, 0.2) is 0 Å². The van der Waals surface area contributed by atoms with Crippen molar-refractivity contribution < 1.29 is 9.90 Å². The van der Waals surface area contributed by atoms with Gasteiger partial charge < -0.3 is 10.0 Å². The van der Waals surface area contributed by atoms with E-state index in [1.54, 1.807) is 0 Å². The van der Waals surface area contributed by atoms with E-state index in [-0.39, 0.29) is 5.91 Å². The largest absolute Gasteiger partial charge is 0.388 e. The van der Waals surface area contributed by atoms with E-state index in [9.17, 15) is 9.90 Å². The fourth-order valence-corrected chi connectivity index (χ4v) is 2.66. The fraction of sp³-hybridized carbons (Fsp3) is 0.562. The Balaban J connectivity index is 1.91. The summed E-state index contributed by atoms with van der Waals surface area (Å²) in [5.74, 6) is 0.182.